The molecule has 32 heavy (non-hydrogen) atoms. The molecule has 2 aromatic carbocycles. The Hall–Kier alpha value is -2.55. The van der Waals surface area contributed by atoms with Crippen LogP contribution in [0.4, 0.5) is 11.4 Å². The van der Waals surface area contributed by atoms with E-state index < -0.39 is 0 Å². The zero-order valence-corrected chi connectivity index (χ0v) is 20.2. The van der Waals surface area contributed by atoms with Crippen molar-refractivity contribution in [2.24, 2.45) is 0 Å². The van der Waals surface area contributed by atoms with Gasteiger partial charge >= 0.3 is 0 Å². The number of carbonyl (C=O) groups excluding carboxylic acids is 2. The number of amides is 2. The summed E-state index contributed by atoms with van der Waals surface area (Å²) in [5.74, 6) is 0.217. The van der Waals surface area contributed by atoms with Gasteiger partial charge in [0.1, 0.15) is 5.82 Å². The minimum absolute atomic E-state index is 0.0824. The van der Waals surface area contributed by atoms with E-state index in [2.05, 4.69) is 20.8 Å². The van der Waals surface area contributed by atoms with Crippen molar-refractivity contribution < 1.29 is 9.59 Å². The Labute approximate surface area is 200 Å². The molecule has 0 aliphatic carbocycles. The highest BCUT2D eigenvalue weighted by molar-refractivity contribution is 7.99. The number of hydrogen-bond donors (Lipinski definition) is 2. The van der Waals surface area contributed by atoms with E-state index in [0.717, 1.165) is 16.8 Å². The van der Waals surface area contributed by atoms with Crippen LogP contribution in [0.2, 0.25) is 10.0 Å². The van der Waals surface area contributed by atoms with Crippen molar-refractivity contribution in [1.82, 2.24) is 14.8 Å². The second kappa shape index (κ2) is 10.8. The van der Waals surface area contributed by atoms with Crippen molar-refractivity contribution >= 4 is 58.2 Å². The van der Waals surface area contributed by atoms with Crippen LogP contribution < -0.4 is 10.6 Å². The molecule has 0 atom stereocenters. The van der Waals surface area contributed by atoms with Crippen LogP contribution in [0.5, 0.6) is 0 Å². The van der Waals surface area contributed by atoms with E-state index in [4.69, 9.17) is 23.2 Å². The summed E-state index contributed by atoms with van der Waals surface area (Å²) in [7, 11) is 0. The fraction of sp³-hybridized carbons (Fsp3) is 0.273. The summed E-state index contributed by atoms with van der Waals surface area (Å²) in [6.45, 7) is 6.47. The highest BCUT2D eigenvalue weighted by atomic mass is 35.5. The summed E-state index contributed by atoms with van der Waals surface area (Å²) >= 11 is 13.3. The number of nitrogens with one attached hydrogen (secondary N) is 2. The van der Waals surface area contributed by atoms with E-state index >= 15 is 0 Å². The number of aromatic nitrogens is 3. The average molecular weight is 492 g/mol. The van der Waals surface area contributed by atoms with Gasteiger partial charge in [-0.05, 0) is 50.6 Å². The fourth-order valence-electron chi connectivity index (χ4n) is 3.08. The van der Waals surface area contributed by atoms with Gasteiger partial charge in [-0.2, -0.15) is 0 Å². The van der Waals surface area contributed by atoms with Gasteiger partial charge in [0, 0.05) is 17.3 Å². The summed E-state index contributed by atoms with van der Waals surface area (Å²) < 4.78 is 1.83. The molecule has 0 aliphatic rings. The molecule has 3 aromatic rings. The van der Waals surface area contributed by atoms with Gasteiger partial charge in [-0.1, -0.05) is 52.7 Å². The van der Waals surface area contributed by atoms with Crippen LogP contribution in [0.15, 0.2) is 41.6 Å². The number of hydrogen-bond acceptors (Lipinski definition) is 5. The van der Waals surface area contributed by atoms with Gasteiger partial charge in [0.2, 0.25) is 11.8 Å². The summed E-state index contributed by atoms with van der Waals surface area (Å²) in [4.78, 5) is 24.9. The third kappa shape index (κ3) is 6.25. The Kier molecular flexibility index (Phi) is 8.17. The van der Waals surface area contributed by atoms with Crippen molar-refractivity contribution in [3.8, 4) is 0 Å². The van der Waals surface area contributed by atoms with E-state index in [1.54, 1.807) is 18.2 Å². The standard InChI is InChI=1S/C22H23Cl2N5O2S/c1-4-29-19(11-20(30)25-17-8-5-13(2)9-14(17)3)27-28-22(29)32-12-21(31)26-18-10-15(23)6-7-16(18)24/h5-10H,4,11-12H2,1-3H3,(H,25,30)(H,26,31). The number of rotatable bonds is 8. The molecule has 10 heteroatoms. The average Bonchev–Trinajstić information content (AvgIpc) is 3.12. The molecule has 1 heterocycles. The molecule has 168 valence electrons. The summed E-state index contributed by atoms with van der Waals surface area (Å²) in [5.41, 5.74) is 3.35. The third-order valence-corrected chi connectivity index (χ3v) is 6.15. The first kappa shape index (κ1) is 24.1. The number of benzene rings is 2. The Balaban J connectivity index is 1.61. The zero-order chi connectivity index (χ0) is 23.3. The quantitative estimate of drug-likeness (QED) is 0.426. The minimum atomic E-state index is -0.251. The Morgan fingerprint density at radius 1 is 1.00 bits per heavy atom. The van der Waals surface area contributed by atoms with E-state index in [9.17, 15) is 9.59 Å². The largest absolute Gasteiger partial charge is 0.325 e. The molecule has 0 saturated heterocycles. The Morgan fingerprint density at radius 3 is 2.47 bits per heavy atom. The van der Waals surface area contributed by atoms with Crippen molar-refractivity contribution in [2.75, 3.05) is 16.4 Å². The lowest BCUT2D eigenvalue weighted by molar-refractivity contribution is -0.116. The molecular weight excluding hydrogens is 469 g/mol. The van der Waals surface area contributed by atoms with Crippen LogP contribution in [0.25, 0.3) is 0 Å². The molecule has 2 amide bonds. The zero-order valence-electron chi connectivity index (χ0n) is 17.9. The molecule has 7 nitrogen and oxygen atoms in total. The van der Waals surface area contributed by atoms with Crippen LogP contribution in [0.3, 0.4) is 0 Å². The number of carbonyl (C=O) groups is 2. The number of aryl methyl sites for hydroxylation is 2. The molecule has 0 fully saturated rings. The molecule has 0 radical (unpaired) electrons. The van der Waals surface area contributed by atoms with Gasteiger partial charge in [-0.15, -0.1) is 10.2 Å². The topological polar surface area (TPSA) is 88.9 Å². The number of nitrogens with zero attached hydrogens (tertiary/aromatic N) is 3. The van der Waals surface area contributed by atoms with Crippen LogP contribution in [0.1, 0.15) is 23.9 Å². The van der Waals surface area contributed by atoms with Gasteiger partial charge in [0.15, 0.2) is 5.16 Å². The lowest BCUT2D eigenvalue weighted by atomic mass is 10.1. The molecule has 1 aromatic heterocycles. The second-order valence-corrected chi connectivity index (χ2v) is 8.93. The normalized spacial score (nSPS) is 10.8. The van der Waals surface area contributed by atoms with Crippen LogP contribution >= 0.6 is 35.0 Å². The van der Waals surface area contributed by atoms with Crippen molar-refractivity contribution in [2.45, 2.75) is 38.9 Å². The van der Waals surface area contributed by atoms with E-state index in [0.29, 0.717) is 33.3 Å². The van der Waals surface area contributed by atoms with Crippen LogP contribution in [-0.2, 0) is 22.6 Å². The predicted molar refractivity (Wildman–Crippen MR) is 130 cm³/mol. The summed E-state index contributed by atoms with van der Waals surface area (Å²) in [6, 6.07) is 10.7. The number of anilines is 2. The first-order valence-corrected chi connectivity index (χ1v) is 11.7. The first-order chi connectivity index (χ1) is 15.3. The molecule has 2 N–H and O–H groups in total. The first-order valence-electron chi connectivity index (χ1n) is 9.93. The van der Waals surface area contributed by atoms with Gasteiger partial charge < -0.3 is 15.2 Å². The predicted octanol–water partition coefficient (Wildman–Crippen LogP) is 5.13. The summed E-state index contributed by atoms with van der Waals surface area (Å²) in [6.07, 6.45) is 0.0824. The molecule has 0 bridgehead atoms. The lowest BCUT2D eigenvalue weighted by Gasteiger charge is -2.10. The van der Waals surface area contributed by atoms with Crippen molar-refractivity contribution in [1.29, 1.82) is 0 Å². The van der Waals surface area contributed by atoms with Gasteiger partial charge in [-0.25, -0.2) is 0 Å². The van der Waals surface area contributed by atoms with Crippen LogP contribution in [-0.4, -0.2) is 32.3 Å². The maximum absolute atomic E-state index is 12.5. The van der Waals surface area contributed by atoms with Gasteiger partial charge in [0.05, 0.1) is 22.9 Å². The summed E-state index contributed by atoms with van der Waals surface area (Å²) in [5, 5.41) is 15.4. The van der Waals surface area contributed by atoms with E-state index in [1.807, 2.05) is 43.5 Å². The maximum atomic E-state index is 12.5. The molecule has 0 saturated carbocycles. The lowest BCUT2D eigenvalue weighted by Crippen LogP contribution is -2.18. The molecule has 0 aliphatic heterocycles. The molecule has 3 rings (SSSR count). The highest BCUT2D eigenvalue weighted by Crippen LogP contribution is 2.26. The van der Waals surface area contributed by atoms with E-state index in [1.165, 1.54) is 11.8 Å². The van der Waals surface area contributed by atoms with Gasteiger partial charge in [0.25, 0.3) is 0 Å². The van der Waals surface area contributed by atoms with E-state index in [-0.39, 0.29) is 24.0 Å². The number of halogens is 2. The molecular formula is C22H23Cl2N5O2S. The van der Waals surface area contributed by atoms with Crippen molar-refractivity contribution in [3.05, 3.63) is 63.4 Å². The smallest absolute Gasteiger partial charge is 0.234 e. The minimum Gasteiger partial charge on any atom is -0.325 e. The molecule has 0 spiro atoms. The maximum Gasteiger partial charge on any atom is 0.234 e. The van der Waals surface area contributed by atoms with Crippen LogP contribution in [0, 0.1) is 13.8 Å². The fourth-order valence-corrected chi connectivity index (χ4v) is 4.23. The Bertz CT molecular complexity index is 1150. The monoisotopic (exact) mass is 491 g/mol. The Morgan fingerprint density at radius 2 is 1.75 bits per heavy atom. The highest BCUT2D eigenvalue weighted by Gasteiger charge is 2.17. The van der Waals surface area contributed by atoms with Gasteiger partial charge in [-0.3, -0.25) is 9.59 Å². The third-order valence-electron chi connectivity index (χ3n) is 4.62. The second-order valence-electron chi connectivity index (χ2n) is 7.15. The molecule has 0 unspecified atom stereocenters. The SMILES string of the molecule is CCn1c(CC(=O)Nc2ccc(C)cc2C)nnc1SCC(=O)Nc1cc(Cl)ccc1Cl. The van der Waals surface area contributed by atoms with Crippen molar-refractivity contribution in [3.63, 3.8) is 0 Å². The number of thioether (sulfide) groups is 1.